The Balaban J connectivity index is 2.12. The molecule has 2 N–H and O–H groups in total. The van der Waals surface area contributed by atoms with Gasteiger partial charge in [-0.05, 0) is 18.6 Å². The highest BCUT2D eigenvalue weighted by Crippen LogP contribution is 2.19. The predicted octanol–water partition coefficient (Wildman–Crippen LogP) is 3.31. The molecule has 4 heteroatoms. The molecule has 0 unspecified atom stereocenters. The summed E-state index contributed by atoms with van der Waals surface area (Å²) in [5, 5.41) is 0. The van der Waals surface area contributed by atoms with Gasteiger partial charge in [-0.25, -0.2) is 8.78 Å². The summed E-state index contributed by atoms with van der Waals surface area (Å²) in [5.41, 5.74) is 6.83. The average molecular weight is 263 g/mol. The van der Waals surface area contributed by atoms with Gasteiger partial charge in [0.2, 0.25) is 0 Å². The Morgan fingerprint density at radius 2 is 1.84 bits per heavy atom. The summed E-state index contributed by atoms with van der Waals surface area (Å²) in [5.74, 6) is -0.327. The lowest BCUT2D eigenvalue weighted by atomic mass is 10.1. The van der Waals surface area contributed by atoms with Crippen LogP contribution in [-0.4, -0.2) is 0 Å². The van der Waals surface area contributed by atoms with Crippen LogP contribution in [0.2, 0.25) is 0 Å². The second kappa shape index (κ2) is 5.80. The lowest BCUT2D eigenvalue weighted by Gasteiger charge is -2.09. The maximum Gasteiger partial charge on any atom is 0.134 e. The molecule has 0 radical (unpaired) electrons. The summed E-state index contributed by atoms with van der Waals surface area (Å²) < 4.78 is 32.6. The molecule has 0 aliphatic rings. The number of halogens is 2. The summed E-state index contributed by atoms with van der Waals surface area (Å²) in [7, 11) is 0. The summed E-state index contributed by atoms with van der Waals surface area (Å²) in [6.07, 6.45) is 0. The van der Waals surface area contributed by atoms with Crippen molar-refractivity contribution in [3.05, 3.63) is 64.7 Å². The Morgan fingerprint density at radius 1 is 1.11 bits per heavy atom. The van der Waals surface area contributed by atoms with E-state index in [0.717, 1.165) is 0 Å². The first-order valence-electron chi connectivity index (χ1n) is 5.97. The van der Waals surface area contributed by atoms with Gasteiger partial charge in [-0.3, -0.25) is 0 Å². The monoisotopic (exact) mass is 263 g/mol. The molecule has 0 saturated carbocycles. The Morgan fingerprint density at radius 3 is 2.53 bits per heavy atom. The van der Waals surface area contributed by atoms with Crippen LogP contribution >= 0.6 is 0 Å². The summed E-state index contributed by atoms with van der Waals surface area (Å²) in [4.78, 5) is 0. The minimum atomic E-state index is -0.363. The molecule has 0 aliphatic carbocycles. The molecule has 0 atom stereocenters. The molecule has 0 aliphatic heterocycles. The van der Waals surface area contributed by atoms with Crippen LogP contribution in [0.4, 0.5) is 8.78 Å². The highest BCUT2D eigenvalue weighted by Gasteiger charge is 2.08. The summed E-state index contributed by atoms with van der Waals surface area (Å²) >= 11 is 0. The number of ether oxygens (including phenoxy) is 1. The molecule has 0 aromatic heterocycles. The molecular formula is C15H15F2NO. The topological polar surface area (TPSA) is 35.2 Å². The molecule has 0 heterocycles. The maximum absolute atomic E-state index is 13.9. The molecule has 100 valence electrons. The van der Waals surface area contributed by atoms with Crippen molar-refractivity contribution in [2.75, 3.05) is 0 Å². The van der Waals surface area contributed by atoms with Crippen LogP contribution in [-0.2, 0) is 13.2 Å². The fourth-order valence-electron chi connectivity index (χ4n) is 1.73. The van der Waals surface area contributed by atoms with Gasteiger partial charge in [-0.1, -0.05) is 24.3 Å². The Bertz CT molecular complexity index is 584. The SMILES string of the molecule is Cc1ccc(OCc2cccc(CN)c2F)cc1F. The largest absolute Gasteiger partial charge is 0.489 e. The number of aryl methyl sites for hydroxylation is 1. The Hall–Kier alpha value is -1.94. The van der Waals surface area contributed by atoms with E-state index in [-0.39, 0.29) is 24.8 Å². The first-order valence-corrected chi connectivity index (χ1v) is 5.97. The molecule has 2 aromatic carbocycles. The van der Waals surface area contributed by atoms with E-state index < -0.39 is 0 Å². The van der Waals surface area contributed by atoms with Gasteiger partial charge in [0.1, 0.15) is 24.0 Å². The molecular weight excluding hydrogens is 248 g/mol. The van der Waals surface area contributed by atoms with Crippen molar-refractivity contribution < 1.29 is 13.5 Å². The van der Waals surface area contributed by atoms with Gasteiger partial charge in [-0.2, -0.15) is 0 Å². The molecule has 0 bridgehead atoms. The van der Waals surface area contributed by atoms with E-state index in [9.17, 15) is 8.78 Å². The zero-order chi connectivity index (χ0) is 13.8. The quantitative estimate of drug-likeness (QED) is 0.918. The number of hydrogen-bond acceptors (Lipinski definition) is 2. The molecule has 2 rings (SSSR count). The molecule has 0 spiro atoms. The molecule has 2 aromatic rings. The predicted molar refractivity (Wildman–Crippen MR) is 69.8 cm³/mol. The highest BCUT2D eigenvalue weighted by molar-refractivity contribution is 5.29. The highest BCUT2D eigenvalue weighted by atomic mass is 19.1. The number of hydrogen-bond donors (Lipinski definition) is 1. The first kappa shape index (κ1) is 13.5. The van der Waals surface area contributed by atoms with E-state index >= 15 is 0 Å². The van der Waals surface area contributed by atoms with Gasteiger partial charge in [0.15, 0.2) is 0 Å². The third kappa shape index (κ3) is 3.09. The minimum Gasteiger partial charge on any atom is -0.489 e. The van der Waals surface area contributed by atoms with E-state index in [4.69, 9.17) is 10.5 Å². The fraction of sp³-hybridized carbons (Fsp3) is 0.200. The van der Waals surface area contributed by atoms with Crippen LogP contribution < -0.4 is 10.5 Å². The molecule has 2 nitrogen and oxygen atoms in total. The van der Waals surface area contributed by atoms with Crippen LogP contribution in [0.3, 0.4) is 0 Å². The van der Waals surface area contributed by atoms with Gasteiger partial charge < -0.3 is 10.5 Å². The van der Waals surface area contributed by atoms with Gasteiger partial charge >= 0.3 is 0 Å². The fourth-order valence-corrected chi connectivity index (χ4v) is 1.73. The average Bonchev–Trinajstić information content (AvgIpc) is 2.41. The number of rotatable bonds is 4. The normalized spacial score (nSPS) is 10.5. The van der Waals surface area contributed by atoms with Crippen LogP contribution in [0.25, 0.3) is 0 Å². The van der Waals surface area contributed by atoms with Crippen molar-refractivity contribution in [1.82, 2.24) is 0 Å². The van der Waals surface area contributed by atoms with Crippen LogP contribution in [0, 0.1) is 18.6 Å². The van der Waals surface area contributed by atoms with E-state index in [2.05, 4.69) is 0 Å². The zero-order valence-corrected chi connectivity index (χ0v) is 10.6. The van der Waals surface area contributed by atoms with Crippen LogP contribution in [0.1, 0.15) is 16.7 Å². The van der Waals surface area contributed by atoms with E-state index in [1.54, 1.807) is 37.3 Å². The molecule has 0 saturated heterocycles. The third-order valence-electron chi connectivity index (χ3n) is 2.92. The van der Waals surface area contributed by atoms with Crippen LogP contribution in [0.15, 0.2) is 36.4 Å². The lowest BCUT2D eigenvalue weighted by molar-refractivity contribution is 0.297. The second-order valence-electron chi connectivity index (χ2n) is 4.29. The maximum atomic E-state index is 13.9. The molecule has 19 heavy (non-hydrogen) atoms. The summed E-state index contributed by atoms with van der Waals surface area (Å²) in [6, 6.07) is 9.55. The minimum absolute atomic E-state index is 0.0438. The van der Waals surface area contributed by atoms with E-state index in [0.29, 0.717) is 22.4 Å². The van der Waals surface area contributed by atoms with Crippen molar-refractivity contribution in [3.63, 3.8) is 0 Å². The lowest BCUT2D eigenvalue weighted by Crippen LogP contribution is -2.05. The van der Waals surface area contributed by atoms with E-state index in [1.165, 1.54) is 6.07 Å². The smallest absolute Gasteiger partial charge is 0.134 e. The Labute approximate surface area is 110 Å². The van der Waals surface area contributed by atoms with Gasteiger partial charge in [-0.15, -0.1) is 0 Å². The molecule has 0 amide bonds. The van der Waals surface area contributed by atoms with Crippen molar-refractivity contribution in [3.8, 4) is 5.75 Å². The van der Waals surface area contributed by atoms with Crippen molar-refractivity contribution in [2.45, 2.75) is 20.1 Å². The number of benzene rings is 2. The molecule has 0 fully saturated rings. The van der Waals surface area contributed by atoms with Crippen molar-refractivity contribution in [2.24, 2.45) is 5.73 Å². The van der Waals surface area contributed by atoms with Crippen molar-refractivity contribution >= 4 is 0 Å². The third-order valence-corrected chi connectivity index (χ3v) is 2.92. The second-order valence-corrected chi connectivity index (χ2v) is 4.29. The van der Waals surface area contributed by atoms with Gasteiger partial charge in [0.25, 0.3) is 0 Å². The van der Waals surface area contributed by atoms with Gasteiger partial charge in [0.05, 0.1) is 0 Å². The Kier molecular flexibility index (Phi) is 4.12. The first-order chi connectivity index (χ1) is 9.11. The van der Waals surface area contributed by atoms with E-state index in [1.807, 2.05) is 0 Å². The standard InChI is InChI=1S/C15H15F2NO/c1-10-5-6-13(7-14(10)16)19-9-12-4-2-3-11(8-18)15(12)17/h2-7H,8-9,18H2,1H3. The summed E-state index contributed by atoms with van der Waals surface area (Å²) in [6.45, 7) is 1.85. The van der Waals surface area contributed by atoms with Crippen LogP contribution in [0.5, 0.6) is 5.75 Å². The van der Waals surface area contributed by atoms with Crippen molar-refractivity contribution in [1.29, 1.82) is 0 Å². The van der Waals surface area contributed by atoms with Gasteiger partial charge in [0, 0.05) is 23.7 Å². The zero-order valence-electron chi connectivity index (χ0n) is 10.6. The number of nitrogens with two attached hydrogens (primary N) is 1.